The molecule has 0 aliphatic rings. The zero-order valence-electron chi connectivity index (χ0n) is 11.5. The van der Waals surface area contributed by atoms with Crippen molar-refractivity contribution in [2.24, 2.45) is 5.73 Å². The number of carbonyl (C=O) groups excluding carboxylic acids is 1. The molecule has 0 aliphatic heterocycles. The van der Waals surface area contributed by atoms with E-state index in [-0.39, 0.29) is 36.4 Å². The summed E-state index contributed by atoms with van der Waals surface area (Å²) in [6.07, 6.45) is 1.95. The van der Waals surface area contributed by atoms with Gasteiger partial charge in [0.1, 0.15) is 6.54 Å². The van der Waals surface area contributed by atoms with Crippen LogP contribution in [-0.2, 0) is 17.9 Å². The largest absolute Gasteiger partial charge is 0.366 e. The standard InChI is InChI=1S/C16H15N3O.HI/c17-16(20)11-19-12-18(10-13-6-2-1-3-7-13)14-8-4-5-9-15(14)19;/h1-9,12H,10-11H2,(H-,17,20);1H/p+1. The number of imidazole rings is 1. The topological polar surface area (TPSA) is 51.9 Å². The minimum absolute atomic E-state index is 0. The highest BCUT2D eigenvalue weighted by Crippen LogP contribution is 2.11. The van der Waals surface area contributed by atoms with E-state index in [4.69, 9.17) is 5.73 Å². The van der Waals surface area contributed by atoms with Crippen LogP contribution in [0.4, 0.5) is 0 Å². The van der Waals surface area contributed by atoms with Crippen LogP contribution in [0.5, 0.6) is 0 Å². The lowest BCUT2D eigenvalue weighted by Gasteiger charge is -1.97. The molecule has 5 heteroatoms. The number of para-hydroxylation sites is 2. The lowest BCUT2D eigenvalue weighted by atomic mass is 10.2. The molecule has 2 aromatic carbocycles. The SMILES string of the molecule is I.NC(=O)Cn1c[n+](Cc2ccccc2)c2ccccc21. The monoisotopic (exact) mass is 394 g/mol. The number of amides is 1. The van der Waals surface area contributed by atoms with Gasteiger partial charge >= 0.3 is 0 Å². The fraction of sp³-hybridized carbons (Fsp3) is 0.125. The van der Waals surface area contributed by atoms with Gasteiger partial charge in [-0.15, -0.1) is 24.0 Å². The molecule has 3 rings (SSSR count). The van der Waals surface area contributed by atoms with Gasteiger partial charge in [0.2, 0.25) is 6.33 Å². The van der Waals surface area contributed by atoms with Gasteiger partial charge in [0.15, 0.2) is 17.6 Å². The van der Waals surface area contributed by atoms with Crippen molar-refractivity contribution in [1.29, 1.82) is 0 Å². The van der Waals surface area contributed by atoms with Crippen LogP contribution >= 0.6 is 24.0 Å². The Bertz CT molecular complexity index is 753. The highest BCUT2D eigenvalue weighted by Gasteiger charge is 2.16. The highest BCUT2D eigenvalue weighted by atomic mass is 127. The normalized spacial score (nSPS) is 10.3. The average Bonchev–Trinajstić information content (AvgIpc) is 2.78. The molecule has 0 spiro atoms. The lowest BCUT2D eigenvalue weighted by molar-refractivity contribution is -0.663. The molecule has 1 aromatic heterocycles. The molecule has 0 saturated heterocycles. The van der Waals surface area contributed by atoms with Crippen LogP contribution in [0.15, 0.2) is 60.9 Å². The van der Waals surface area contributed by atoms with E-state index in [1.165, 1.54) is 5.56 Å². The van der Waals surface area contributed by atoms with E-state index < -0.39 is 0 Å². The van der Waals surface area contributed by atoms with Gasteiger partial charge in [-0.05, 0) is 17.7 Å². The maximum atomic E-state index is 11.2. The summed E-state index contributed by atoms with van der Waals surface area (Å²) < 4.78 is 4.02. The zero-order chi connectivity index (χ0) is 13.9. The van der Waals surface area contributed by atoms with Gasteiger partial charge in [0.25, 0.3) is 5.91 Å². The number of rotatable bonds is 4. The highest BCUT2D eigenvalue weighted by molar-refractivity contribution is 14.0. The van der Waals surface area contributed by atoms with Crippen LogP contribution in [0.1, 0.15) is 5.56 Å². The molecule has 0 radical (unpaired) electrons. The summed E-state index contributed by atoms with van der Waals surface area (Å²) in [4.78, 5) is 11.2. The Balaban J connectivity index is 0.00000161. The van der Waals surface area contributed by atoms with E-state index in [0.717, 1.165) is 17.6 Å². The second-order valence-electron chi connectivity index (χ2n) is 4.81. The number of nitrogens with two attached hydrogens (primary N) is 1. The van der Waals surface area contributed by atoms with Crippen molar-refractivity contribution < 1.29 is 9.36 Å². The Morgan fingerprint density at radius 1 is 1.05 bits per heavy atom. The smallest absolute Gasteiger partial charge is 0.259 e. The number of primary amides is 1. The second-order valence-corrected chi connectivity index (χ2v) is 4.81. The second kappa shape index (κ2) is 6.71. The van der Waals surface area contributed by atoms with Gasteiger partial charge < -0.3 is 5.73 Å². The number of nitrogens with zero attached hydrogens (tertiary/aromatic N) is 2. The molecule has 2 N–H and O–H groups in total. The zero-order valence-corrected chi connectivity index (χ0v) is 13.8. The van der Waals surface area contributed by atoms with Crippen molar-refractivity contribution >= 4 is 40.9 Å². The van der Waals surface area contributed by atoms with Crippen molar-refractivity contribution in [3.05, 3.63) is 66.5 Å². The number of hydrogen-bond acceptors (Lipinski definition) is 1. The molecule has 0 unspecified atom stereocenters. The average molecular weight is 394 g/mol. The first kappa shape index (κ1) is 15.5. The van der Waals surface area contributed by atoms with Crippen LogP contribution in [0.2, 0.25) is 0 Å². The third kappa shape index (κ3) is 3.41. The van der Waals surface area contributed by atoms with Gasteiger partial charge in [-0.25, -0.2) is 9.13 Å². The van der Waals surface area contributed by atoms with Crippen molar-refractivity contribution in [1.82, 2.24) is 4.57 Å². The van der Waals surface area contributed by atoms with Crippen LogP contribution in [0.3, 0.4) is 0 Å². The first-order valence-corrected chi connectivity index (χ1v) is 6.53. The molecule has 0 bridgehead atoms. The summed E-state index contributed by atoms with van der Waals surface area (Å²) in [5.74, 6) is -0.336. The Kier molecular flexibility index (Phi) is 4.95. The number of aromatic nitrogens is 2. The molecule has 21 heavy (non-hydrogen) atoms. The predicted molar refractivity (Wildman–Crippen MR) is 92.3 cm³/mol. The van der Waals surface area contributed by atoms with Crippen LogP contribution < -0.4 is 10.3 Å². The van der Waals surface area contributed by atoms with Crippen LogP contribution in [-0.4, -0.2) is 10.5 Å². The first-order chi connectivity index (χ1) is 9.74. The third-order valence-electron chi connectivity index (χ3n) is 3.30. The summed E-state index contributed by atoms with van der Waals surface area (Å²) in [7, 11) is 0. The number of hydrogen-bond donors (Lipinski definition) is 1. The van der Waals surface area contributed by atoms with Gasteiger partial charge in [0, 0.05) is 0 Å². The molecular weight excluding hydrogens is 377 g/mol. The summed E-state index contributed by atoms with van der Waals surface area (Å²) >= 11 is 0. The maximum Gasteiger partial charge on any atom is 0.259 e. The summed E-state index contributed by atoms with van der Waals surface area (Å²) in [5.41, 5.74) is 8.64. The minimum atomic E-state index is -0.336. The first-order valence-electron chi connectivity index (χ1n) is 6.53. The minimum Gasteiger partial charge on any atom is -0.366 e. The van der Waals surface area contributed by atoms with Gasteiger partial charge in [-0.3, -0.25) is 4.79 Å². The van der Waals surface area contributed by atoms with Crippen molar-refractivity contribution in [2.75, 3.05) is 0 Å². The summed E-state index contributed by atoms with van der Waals surface area (Å²) in [5, 5.41) is 0. The maximum absolute atomic E-state index is 11.2. The molecule has 4 nitrogen and oxygen atoms in total. The number of halogens is 1. The van der Waals surface area contributed by atoms with E-state index in [2.05, 4.69) is 22.8 Å². The Morgan fingerprint density at radius 3 is 2.43 bits per heavy atom. The molecule has 1 amide bonds. The quantitative estimate of drug-likeness (QED) is 0.535. The van der Waals surface area contributed by atoms with Crippen molar-refractivity contribution in [3.8, 4) is 0 Å². The molecule has 3 aromatic rings. The Labute approximate surface area is 140 Å². The number of fused-ring (bicyclic) bond motifs is 1. The van der Waals surface area contributed by atoms with Crippen molar-refractivity contribution in [2.45, 2.75) is 13.1 Å². The molecule has 0 saturated carbocycles. The fourth-order valence-corrected chi connectivity index (χ4v) is 2.44. The van der Waals surface area contributed by atoms with Crippen molar-refractivity contribution in [3.63, 3.8) is 0 Å². The Hall–Kier alpha value is -1.89. The third-order valence-corrected chi connectivity index (χ3v) is 3.30. The van der Waals surface area contributed by atoms with Gasteiger partial charge in [0.05, 0.1) is 0 Å². The van der Waals surface area contributed by atoms with Crippen LogP contribution in [0.25, 0.3) is 11.0 Å². The molecule has 108 valence electrons. The Morgan fingerprint density at radius 2 is 1.71 bits per heavy atom. The van der Waals surface area contributed by atoms with E-state index >= 15 is 0 Å². The van der Waals surface area contributed by atoms with E-state index in [1.807, 2.05) is 47.3 Å². The molecule has 1 heterocycles. The molecule has 0 atom stereocenters. The molecule has 0 fully saturated rings. The van der Waals surface area contributed by atoms with Gasteiger partial charge in [-0.1, -0.05) is 42.5 Å². The van der Waals surface area contributed by atoms with E-state index in [0.29, 0.717) is 0 Å². The van der Waals surface area contributed by atoms with E-state index in [9.17, 15) is 4.79 Å². The molecule has 0 aliphatic carbocycles. The number of carbonyl (C=O) groups is 1. The summed E-state index contributed by atoms with van der Waals surface area (Å²) in [6, 6.07) is 18.3. The summed E-state index contributed by atoms with van der Waals surface area (Å²) in [6.45, 7) is 0.968. The predicted octanol–water partition coefficient (Wildman–Crippen LogP) is 2.08. The van der Waals surface area contributed by atoms with Crippen LogP contribution in [0, 0.1) is 0 Å². The van der Waals surface area contributed by atoms with E-state index in [1.54, 1.807) is 0 Å². The molecular formula is C16H17IN3O+. The number of benzene rings is 2. The lowest BCUT2D eigenvalue weighted by Crippen LogP contribution is -2.33. The van der Waals surface area contributed by atoms with Gasteiger partial charge in [-0.2, -0.15) is 0 Å². The fourth-order valence-electron chi connectivity index (χ4n) is 2.44.